The lowest BCUT2D eigenvalue weighted by Crippen LogP contribution is -2.55. The first-order valence-electron chi connectivity index (χ1n) is 14.8. The Balaban J connectivity index is 1.34. The van der Waals surface area contributed by atoms with Gasteiger partial charge in [-0.3, -0.25) is 4.79 Å². The van der Waals surface area contributed by atoms with Crippen LogP contribution < -0.4 is 9.64 Å². The van der Waals surface area contributed by atoms with Crippen LogP contribution >= 0.6 is 0 Å². The summed E-state index contributed by atoms with van der Waals surface area (Å²) in [6, 6.07) is 15.5. The molecule has 3 aromatic rings. The number of likely N-dealkylation sites (tertiary alicyclic amines) is 1. The number of carbonyl (C=O) groups excluding carboxylic acids is 1. The Kier molecular flexibility index (Phi) is 8.09. The Morgan fingerprint density at radius 1 is 1.19 bits per heavy atom. The monoisotopic (exact) mass is 566 g/mol. The molecule has 42 heavy (non-hydrogen) atoms. The number of nitriles is 1. The van der Waals surface area contributed by atoms with Crippen molar-refractivity contribution in [2.45, 2.75) is 57.4 Å². The van der Waals surface area contributed by atoms with E-state index in [-0.39, 0.29) is 24.5 Å². The molecular weight excluding hydrogens is 528 g/mol. The van der Waals surface area contributed by atoms with E-state index in [2.05, 4.69) is 72.8 Å². The van der Waals surface area contributed by atoms with Crippen molar-refractivity contribution < 1.29 is 14.3 Å². The maximum atomic E-state index is 12.5. The molecule has 0 bridgehead atoms. The van der Waals surface area contributed by atoms with Crippen LogP contribution in [0.1, 0.15) is 47.8 Å². The standard InChI is InChI=1S/C33H38N6O3/c1-4-30(40)39-17-16-38(19-24(39)13-14-34)32-27-21-41-29(26-12-6-10-23-9-5-8-22(2)31(23)26)18-28(27)35-33(36-32)42-20-25-11-7-15-37(25)3/h4-6,8-10,12,24-25,29H,1,7,11,13,15-21H2,2-3H3/t24-,25+,29?/m0/s1. The first-order valence-corrected chi connectivity index (χ1v) is 14.8. The number of nitrogens with zero attached hydrogens (tertiary/aromatic N) is 6. The fourth-order valence-electron chi connectivity index (χ4n) is 6.68. The molecule has 9 heteroatoms. The number of aromatic nitrogens is 2. The Hall–Kier alpha value is -4.00. The molecule has 0 aliphatic carbocycles. The Bertz CT molecular complexity index is 1530. The van der Waals surface area contributed by atoms with Crippen molar-refractivity contribution in [3.63, 3.8) is 0 Å². The summed E-state index contributed by atoms with van der Waals surface area (Å²) in [5.41, 5.74) is 4.27. The van der Waals surface area contributed by atoms with Gasteiger partial charge in [0, 0.05) is 37.7 Å². The van der Waals surface area contributed by atoms with Crippen LogP contribution in [0.25, 0.3) is 10.8 Å². The van der Waals surface area contributed by atoms with Crippen molar-refractivity contribution >= 4 is 22.5 Å². The van der Waals surface area contributed by atoms with Gasteiger partial charge in [0.05, 0.1) is 36.9 Å². The average molecular weight is 567 g/mol. The number of hydrogen-bond acceptors (Lipinski definition) is 8. The maximum Gasteiger partial charge on any atom is 0.318 e. The van der Waals surface area contributed by atoms with Gasteiger partial charge in [-0.05, 0) is 61.3 Å². The number of benzene rings is 2. The predicted octanol–water partition coefficient (Wildman–Crippen LogP) is 4.34. The van der Waals surface area contributed by atoms with Crippen LogP contribution in [0.4, 0.5) is 5.82 Å². The molecule has 2 fully saturated rings. The van der Waals surface area contributed by atoms with E-state index in [0.717, 1.165) is 42.0 Å². The van der Waals surface area contributed by atoms with Crippen molar-refractivity contribution in [3.05, 3.63) is 71.4 Å². The topological polar surface area (TPSA) is 94.8 Å². The maximum absolute atomic E-state index is 12.5. The lowest BCUT2D eigenvalue weighted by molar-refractivity contribution is -0.128. The second-order valence-corrected chi connectivity index (χ2v) is 11.6. The minimum Gasteiger partial charge on any atom is -0.462 e. The zero-order chi connectivity index (χ0) is 29.2. The highest BCUT2D eigenvalue weighted by molar-refractivity contribution is 5.89. The molecule has 1 aromatic heterocycles. The Labute approximate surface area is 247 Å². The second kappa shape index (κ2) is 12.1. The number of ether oxygens (including phenoxy) is 2. The van der Waals surface area contributed by atoms with Crippen molar-refractivity contribution in [2.24, 2.45) is 0 Å². The van der Waals surface area contributed by atoms with E-state index in [1.54, 1.807) is 4.90 Å². The zero-order valence-electron chi connectivity index (χ0n) is 24.5. The first-order chi connectivity index (χ1) is 20.5. The summed E-state index contributed by atoms with van der Waals surface area (Å²) in [5.74, 6) is 0.622. The van der Waals surface area contributed by atoms with Gasteiger partial charge in [-0.1, -0.05) is 43.0 Å². The Morgan fingerprint density at radius 3 is 2.79 bits per heavy atom. The minimum atomic E-state index is -0.257. The van der Waals surface area contributed by atoms with E-state index < -0.39 is 0 Å². The summed E-state index contributed by atoms with van der Waals surface area (Å²) in [5, 5.41) is 11.9. The predicted molar refractivity (Wildman–Crippen MR) is 161 cm³/mol. The number of rotatable bonds is 7. The summed E-state index contributed by atoms with van der Waals surface area (Å²) in [6.45, 7) is 9.33. The quantitative estimate of drug-likeness (QED) is 0.390. The van der Waals surface area contributed by atoms with Gasteiger partial charge in [0.25, 0.3) is 0 Å². The van der Waals surface area contributed by atoms with Crippen LogP contribution in [0.5, 0.6) is 6.01 Å². The van der Waals surface area contributed by atoms with Gasteiger partial charge in [-0.15, -0.1) is 0 Å². The van der Waals surface area contributed by atoms with E-state index in [4.69, 9.17) is 19.4 Å². The minimum absolute atomic E-state index is 0.146. The summed E-state index contributed by atoms with van der Waals surface area (Å²) in [6.07, 6.45) is 4.28. The zero-order valence-corrected chi connectivity index (χ0v) is 24.5. The van der Waals surface area contributed by atoms with Gasteiger partial charge in [-0.2, -0.15) is 15.2 Å². The summed E-state index contributed by atoms with van der Waals surface area (Å²) >= 11 is 0. The van der Waals surface area contributed by atoms with Crippen LogP contribution in [0.2, 0.25) is 0 Å². The van der Waals surface area contributed by atoms with E-state index in [9.17, 15) is 10.1 Å². The fourth-order valence-corrected chi connectivity index (χ4v) is 6.68. The normalized spacial score (nSPS) is 22.5. The van der Waals surface area contributed by atoms with E-state index in [0.29, 0.717) is 51.3 Å². The van der Waals surface area contributed by atoms with E-state index in [1.165, 1.54) is 22.4 Å². The van der Waals surface area contributed by atoms with Crippen molar-refractivity contribution in [3.8, 4) is 12.1 Å². The highest BCUT2D eigenvalue weighted by Gasteiger charge is 2.34. The number of fused-ring (bicyclic) bond motifs is 2. The van der Waals surface area contributed by atoms with Crippen LogP contribution in [0.15, 0.2) is 49.1 Å². The second-order valence-electron chi connectivity index (χ2n) is 11.6. The molecule has 2 saturated heterocycles. The molecule has 2 aromatic carbocycles. The largest absolute Gasteiger partial charge is 0.462 e. The average Bonchev–Trinajstić information content (AvgIpc) is 3.43. The van der Waals surface area contributed by atoms with Crippen LogP contribution in [0.3, 0.4) is 0 Å². The third-order valence-electron chi connectivity index (χ3n) is 8.99. The highest BCUT2D eigenvalue weighted by atomic mass is 16.5. The van der Waals surface area contributed by atoms with Crippen molar-refractivity contribution in [1.29, 1.82) is 5.26 Å². The van der Waals surface area contributed by atoms with Gasteiger partial charge in [0.1, 0.15) is 12.4 Å². The number of hydrogen-bond donors (Lipinski definition) is 0. The molecule has 3 aliphatic rings. The fraction of sp³-hybridized carbons (Fsp3) is 0.455. The molecule has 218 valence electrons. The summed E-state index contributed by atoms with van der Waals surface area (Å²) < 4.78 is 12.8. The van der Waals surface area contributed by atoms with Gasteiger partial charge in [-0.25, -0.2) is 0 Å². The molecule has 3 atom stereocenters. The molecule has 0 N–H and O–H groups in total. The SMILES string of the molecule is C=CC(=O)N1CCN(c2nc(OC[C@H]3CCCN3C)nc3c2COC(c2cccc4cccc(C)c24)C3)C[C@@H]1CC#N. The smallest absolute Gasteiger partial charge is 0.318 e. The number of amides is 1. The number of piperazine rings is 1. The molecule has 9 nitrogen and oxygen atoms in total. The van der Waals surface area contributed by atoms with Crippen LogP contribution in [-0.4, -0.2) is 77.6 Å². The summed E-state index contributed by atoms with van der Waals surface area (Å²) in [4.78, 5) is 28.6. The first kappa shape index (κ1) is 28.1. The van der Waals surface area contributed by atoms with Gasteiger partial charge < -0.3 is 24.2 Å². The molecule has 0 radical (unpaired) electrons. The highest BCUT2D eigenvalue weighted by Crippen LogP contribution is 2.38. The number of likely N-dealkylation sites (N-methyl/N-ethyl adjacent to an activating group) is 1. The van der Waals surface area contributed by atoms with Gasteiger partial charge >= 0.3 is 6.01 Å². The number of aryl methyl sites for hydroxylation is 1. The van der Waals surface area contributed by atoms with Gasteiger partial charge in [0.2, 0.25) is 5.91 Å². The molecule has 4 heterocycles. The van der Waals surface area contributed by atoms with Gasteiger partial charge in [0.15, 0.2) is 0 Å². The molecule has 1 unspecified atom stereocenters. The van der Waals surface area contributed by atoms with E-state index in [1.807, 2.05) is 0 Å². The number of anilines is 1. The van der Waals surface area contributed by atoms with Crippen molar-refractivity contribution in [1.82, 2.24) is 19.8 Å². The van der Waals surface area contributed by atoms with Crippen LogP contribution in [0, 0.1) is 18.3 Å². The van der Waals surface area contributed by atoms with Crippen molar-refractivity contribution in [2.75, 3.05) is 44.7 Å². The number of carbonyl (C=O) groups is 1. The molecule has 0 spiro atoms. The molecule has 3 aliphatic heterocycles. The summed E-state index contributed by atoms with van der Waals surface area (Å²) in [7, 11) is 2.13. The molecule has 0 saturated carbocycles. The third-order valence-corrected chi connectivity index (χ3v) is 8.99. The Morgan fingerprint density at radius 2 is 2.02 bits per heavy atom. The lowest BCUT2D eigenvalue weighted by Gasteiger charge is -2.42. The van der Waals surface area contributed by atoms with E-state index >= 15 is 0 Å². The molecule has 6 rings (SSSR count). The molecular formula is C33H38N6O3. The van der Waals surface area contributed by atoms with Crippen LogP contribution in [-0.2, 0) is 22.6 Å². The molecule has 1 amide bonds. The lowest BCUT2D eigenvalue weighted by atomic mass is 9.92. The third kappa shape index (κ3) is 5.44.